The summed E-state index contributed by atoms with van der Waals surface area (Å²) in [6.45, 7) is 0.834. The van der Waals surface area contributed by atoms with Crippen LogP contribution in [0.5, 0.6) is 5.75 Å². The van der Waals surface area contributed by atoms with Gasteiger partial charge in [0.05, 0.1) is 35.4 Å². The first-order chi connectivity index (χ1) is 12.7. The van der Waals surface area contributed by atoms with Crippen LogP contribution < -0.4 is 10.1 Å². The number of hydrogen-bond acceptors (Lipinski definition) is 5. The second-order valence-corrected chi connectivity index (χ2v) is 7.18. The zero-order valence-corrected chi connectivity index (χ0v) is 15.1. The number of halogens is 2. The molecular weight excluding hydrogens is 358 g/mol. The highest BCUT2D eigenvalue weighted by Crippen LogP contribution is 2.24. The average molecular weight is 380 g/mol. The number of nitrogens with zero attached hydrogens (tertiary/aromatic N) is 1. The summed E-state index contributed by atoms with van der Waals surface area (Å²) in [5.41, 5.74) is -0.0854. The number of aliphatic hydroxyl groups is 1. The predicted molar refractivity (Wildman–Crippen MR) is 94.9 cm³/mol. The van der Waals surface area contributed by atoms with Crippen LogP contribution in [0.15, 0.2) is 30.5 Å². The number of amides is 1. The Bertz CT molecular complexity index is 815. The molecule has 0 radical (unpaired) electrons. The molecular formula is C19H22F2N2O4. The lowest BCUT2D eigenvalue weighted by Gasteiger charge is -2.36. The van der Waals surface area contributed by atoms with Crippen molar-refractivity contribution in [2.24, 2.45) is 0 Å². The zero-order chi connectivity index (χ0) is 19.6. The first-order valence-electron chi connectivity index (χ1n) is 8.72. The fourth-order valence-electron chi connectivity index (χ4n) is 3.09. The van der Waals surface area contributed by atoms with E-state index in [2.05, 4.69) is 15.0 Å². The number of fused-ring (bicyclic) bond motifs is 1. The van der Waals surface area contributed by atoms with Gasteiger partial charge in [-0.25, -0.2) is 0 Å². The van der Waals surface area contributed by atoms with Crippen molar-refractivity contribution in [2.45, 2.75) is 51.0 Å². The van der Waals surface area contributed by atoms with Crippen molar-refractivity contribution < 1.29 is 28.2 Å². The summed E-state index contributed by atoms with van der Waals surface area (Å²) >= 11 is 0. The van der Waals surface area contributed by atoms with Crippen LogP contribution in [0.1, 0.15) is 37.0 Å². The Hall–Kier alpha value is -2.32. The summed E-state index contributed by atoms with van der Waals surface area (Å²) in [6.07, 6.45) is 2.50. The number of pyridine rings is 1. The van der Waals surface area contributed by atoms with Crippen molar-refractivity contribution in [2.75, 3.05) is 6.61 Å². The lowest BCUT2D eigenvalue weighted by atomic mass is 9.93. The Morgan fingerprint density at radius 1 is 1.37 bits per heavy atom. The fourth-order valence-corrected chi connectivity index (χ4v) is 3.09. The number of rotatable bonds is 5. The highest BCUT2D eigenvalue weighted by atomic mass is 19.3. The smallest absolute Gasteiger partial charge is 0.387 e. The maximum Gasteiger partial charge on any atom is 0.387 e. The van der Waals surface area contributed by atoms with Crippen molar-refractivity contribution in [3.8, 4) is 5.75 Å². The molecule has 1 aliphatic rings. The first-order valence-corrected chi connectivity index (χ1v) is 8.72. The molecule has 27 heavy (non-hydrogen) atoms. The van der Waals surface area contributed by atoms with Crippen molar-refractivity contribution in [3.63, 3.8) is 0 Å². The maximum absolute atomic E-state index is 12.5. The Kier molecular flexibility index (Phi) is 5.57. The monoisotopic (exact) mass is 380 g/mol. The van der Waals surface area contributed by atoms with Gasteiger partial charge in [0.2, 0.25) is 0 Å². The summed E-state index contributed by atoms with van der Waals surface area (Å²) < 4.78 is 34.6. The molecule has 0 aliphatic carbocycles. The Morgan fingerprint density at radius 3 is 2.78 bits per heavy atom. The van der Waals surface area contributed by atoms with Crippen LogP contribution >= 0.6 is 0 Å². The molecule has 6 nitrogen and oxygen atoms in total. The predicted octanol–water partition coefficient (Wildman–Crippen LogP) is 2.88. The number of aromatic nitrogens is 1. The third kappa shape index (κ3) is 4.90. The molecule has 1 aliphatic heterocycles. The number of ether oxygens (including phenoxy) is 2. The van der Waals surface area contributed by atoms with E-state index >= 15 is 0 Å². The third-order valence-corrected chi connectivity index (χ3v) is 4.54. The molecule has 1 amide bonds. The standard InChI is InChI=1S/C19H22F2N2O4/c1-19(2,25)16-6-4-13(10-26-16)23-17(24)12-7-11-3-5-14(27-18(20)21)8-15(11)22-9-12/h3,5,7-9,13,16,18,25H,4,6,10H2,1-2H3,(H,23,24)/t13-,16+/m0/s1. The molecule has 2 heterocycles. The van der Waals surface area contributed by atoms with Crippen LogP contribution in [0.3, 0.4) is 0 Å². The molecule has 0 bridgehead atoms. The highest BCUT2D eigenvalue weighted by Gasteiger charge is 2.32. The van der Waals surface area contributed by atoms with Crippen LogP contribution in [0.4, 0.5) is 8.78 Å². The molecule has 2 aromatic rings. The summed E-state index contributed by atoms with van der Waals surface area (Å²) in [4.78, 5) is 16.6. The lowest BCUT2D eigenvalue weighted by Crippen LogP contribution is -2.48. The van der Waals surface area contributed by atoms with Gasteiger partial charge in [0, 0.05) is 17.6 Å². The van der Waals surface area contributed by atoms with Gasteiger partial charge >= 0.3 is 6.61 Å². The minimum absolute atomic E-state index is 0.0166. The van der Waals surface area contributed by atoms with E-state index in [9.17, 15) is 18.7 Å². The third-order valence-electron chi connectivity index (χ3n) is 4.54. The largest absolute Gasteiger partial charge is 0.435 e. The molecule has 0 saturated carbocycles. The van der Waals surface area contributed by atoms with Gasteiger partial charge in [-0.3, -0.25) is 9.78 Å². The lowest BCUT2D eigenvalue weighted by molar-refractivity contribution is -0.114. The molecule has 3 rings (SSSR count). The van der Waals surface area contributed by atoms with Crippen LogP contribution in [-0.2, 0) is 4.74 Å². The van der Waals surface area contributed by atoms with Crippen LogP contribution in [0.25, 0.3) is 10.9 Å². The van der Waals surface area contributed by atoms with E-state index in [1.807, 2.05) is 0 Å². The summed E-state index contributed by atoms with van der Waals surface area (Å²) in [5, 5.41) is 13.5. The molecule has 0 unspecified atom stereocenters. The Morgan fingerprint density at radius 2 is 2.15 bits per heavy atom. The molecule has 0 spiro atoms. The van der Waals surface area contributed by atoms with Crippen LogP contribution in [-0.4, -0.2) is 47.0 Å². The molecule has 8 heteroatoms. The summed E-state index contributed by atoms with van der Waals surface area (Å²) in [6, 6.07) is 5.88. The number of hydrogen-bond donors (Lipinski definition) is 2. The summed E-state index contributed by atoms with van der Waals surface area (Å²) in [7, 11) is 0. The number of carbonyl (C=O) groups is 1. The normalized spacial score (nSPS) is 20.7. The van der Waals surface area contributed by atoms with E-state index in [0.717, 1.165) is 0 Å². The second kappa shape index (κ2) is 7.74. The molecule has 1 fully saturated rings. The van der Waals surface area contributed by atoms with Gasteiger partial charge in [0.15, 0.2) is 0 Å². The van der Waals surface area contributed by atoms with Crippen LogP contribution in [0, 0.1) is 0 Å². The minimum Gasteiger partial charge on any atom is -0.435 e. The molecule has 2 N–H and O–H groups in total. The van der Waals surface area contributed by atoms with Crippen molar-refractivity contribution >= 4 is 16.8 Å². The van der Waals surface area contributed by atoms with E-state index in [4.69, 9.17) is 4.74 Å². The van der Waals surface area contributed by atoms with Crippen LogP contribution in [0.2, 0.25) is 0 Å². The van der Waals surface area contributed by atoms with E-state index in [-0.39, 0.29) is 23.8 Å². The molecule has 2 atom stereocenters. The topological polar surface area (TPSA) is 80.7 Å². The van der Waals surface area contributed by atoms with Gasteiger partial charge in [-0.1, -0.05) is 0 Å². The van der Waals surface area contributed by atoms with E-state index in [1.165, 1.54) is 18.3 Å². The number of benzene rings is 1. The molecule has 146 valence electrons. The van der Waals surface area contributed by atoms with Gasteiger partial charge in [0.25, 0.3) is 5.91 Å². The zero-order valence-electron chi connectivity index (χ0n) is 15.1. The van der Waals surface area contributed by atoms with Crippen molar-refractivity contribution in [1.29, 1.82) is 0 Å². The fraction of sp³-hybridized carbons (Fsp3) is 0.474. The Balaban J connectivity index is 1.64. The van der Waals surface area contributed by atoms with E-state index in [0.29, 0.717) is 35.9 Å². The number of carbonyl (C=O) groups excluding carboxylic acids is 1. The SMILES string of the molecule is CC(C)(O)[C@H]1CC[C@H](NC(=O)c2cnc3cc(OC(F)F)ccc3c2)CO1. The van der Waals surface area contributed by atoms with Gasteiger partial charge in [0.1, 0.15) is 5.75 Å². The maximum atomic E-state index is 12.5. The average Bonchev–Trinajstić information content (AvgIpc) is 2.60. The highest BCUT2D eigenvalue weighted by molar-refractivity contribution is 5.97. The van der Waals surface area contributed by atoms with E-state index < -0.39 is 12.2 Å². The van der Waals surface area contributed by atoms with Gasteiger partial charge in [-0.15, -0.1) is 0 Å². The van der Waals surface area contributed by atoms with E-state index in [1.54, 1.807) is 26.0 Å². The molecule has 1 aromatic carbocycles. The Labute approximate surface area is 155 Å². The van der Waals surface area contributed by atoms with Gasteiger partial charge in [-0.05, 0) is 44.9 Å². The second-order valence-electron chi connectivity index (χ2n) is 7.18. The van der Waals surface area contributed by atoms with Gasteiger partial charge in [-0.2, -0.15) is 8.78 Å². The summed E-state index contributed by atoms with van der Waals surface area (Å²) in [5.74, 6) is -0.268. The van der Waals surface area contributed by atoms with Crippen molar-refractivity contribution in [3.05, 3.63) is 36.0 Å². The van der Waals surface area contributed by atoms with Gasteiger partial charge < -0.3 is 19.9 Å². The number of alkyl halides is 2. The first kappa shape index (κ1) is 19.4. The number of nitrogens with one attached hydrogen (secondary N) is 1. The molecule has 1 saturated heterocycles. The quantitative estimate of drug-likeness (QED) is 0.834. The van der Waals surface area contributed by atoms with Crippen molar-refractivity contribution in [1.82, 2.24) is 10.3 Å². The molecule has 1 aromatic heterocycles. The minimum atomic E-state index is -2.90.